The van der Waals surface area contributed by atoms with Gasteiger partial charge in [0.25, 0.3) is 5.91 Å². The third kappa shape index (κ3) is 5.31. The fourth-order valence-corrected chi connectivity index (χ4v) is 6.60. The highest BCUT2D eigenvalue weighted by atomic mass is 19.4. The predicted octanol–water partition coefficient (Wildman–Crippen LogP) is 4.77. The molecule has 0 bridgehead atoms. The molecule has 5 heterocycles. The van der Waals surface area contributed by atoms with Gasteiger partial charge in [-0.1, -0.05) is 0 Å². The number of carbonyl (C=O) groups is 1. The number of hydrogen-bond donors (Lipinski definition) is 1. The molecule has 11 nitrogen and oxygen atoms in total. The van der Waals surface area contributed by atoms with E-state index >= 15 is 0 Å². The van der Waals surface area contributed by atoms with E-state index < -0.39 is 17.6 Å². The molecular formula is C31H31F3N10O. The van der Waals surface area contributed by atoms with Crippen LogP contribution < -0.4 is 10.2 Å². The smallest absolute Gasteiger partial charge is 0.369 e. The van der Waals surface area contributed by atoms with E-state index in [1.165, 1.54) is 23.8 Å². The van der Waals surface area contributed by atoms with E-state index in [-0.39, 0.29) is 29.9 Å². The van der Waals surface area contributed by atoms with Crippen LogP contribution in [0, 0.1) is 16.7 Å². The number of benzene rings is 1. The highest BCUT2D eigenvalue weighted by Crippen LogP contribution is 2.53. The maximum atomic E-state index is 14.5. The summed E-state index contributed by atoms with van der Waals surface area (Å²) in [6.45, 7) is 2.12. The number of aromatic nitrogens is 6. The number of nitrogens with one attached hydrogen (secondary N) is 1. The lowest BCUT2D eigenvalue weighted by Gasteiger charge is -2.19. The van der Waals surface area contributed by atoms with Gasteiger partial charge in [-0.25, -0.2) is 4.98 Å². The van der Waals surface area contributed by atoms with Gasteiger partial charge in [-0.05, 0) is 66.6 Å². The number of nitriles is 1. The SMILES string of the molecule is Cn1cnnc1-c1cnn(C)c1-c1cc(NCCC#N)nc(N2Cc3c(cc(CN4CCC5(CC5)C4)cc3C(F)(F)F)C2=O)c1. The maximum Gasteiger partial charge on any atom is 0.416 e. The van der Waals surface area contributed by atoms with Gasteiger partial charge in [0.15, 0.2) is 5.82 Å². The Hall–Kier alpha value is -4.77. The zero-order valence-electron chi connectivity index (χ0n) is 24.9. The normalized spacial score (nSPS) is 17.2. The Balaban J connectivity index is 1.28. The minimum Gasteiger partial charge on any atom is -0.369 e. The molecule has 1 saturated heterocycles. The first-order valence-corrected chi connectivity index (χ1v) is 14.8. The molecule has 4 aromatic rings. The van der Waals surface area contributed by atoms with Crippen LogP contribution in [0.2, 0.25) is 0 Å². The van der Waals surface area contributed by atoms with Crippen molar-refractivity contribution in [3.8, 4) is 28.7 Å². The third-order valence-electron chi connectivity index (χ3n) is 9.08. The summed E-state index contributed by atoms with van der Waals surface area (Å²) in [5, 5.41) is 24.8. The fourth-order valence-electron chi connectivity index (χ4n) is 6.60. The van der Waals surface area contributed by atoms with Gasteiger partial charge in [0.1, 0.15) is 18.0 Å². The van der Waals surface area contributed by atoms with Crippen LogP contribution in [0.5, 0.6) is 0 Å². The van der Waals surface area contributed by atoms with Crippen molar-refractivity contribution >= 4 is 17.5 Å². The van der Waals surface area contributed by atoms with Gasteiger partial charge in [0.2, 0.25) is 0 Å². The van der Waals surface area contributed by atoms with E-state index in [4.69, 9.17) is 5.26 Å². The van der Waals surface area contributed by atoms with E-state index in [0.29, 0.717) is 52.5 Å². The zero-order chi connectivity index (χ0) is 31.5. The second-order valence-corrected chi connectivity index (χ2v) is 12.2. The van der Waals surface area contributed by atoms with Crippen LogP contribution >= 0.6 is 0 Å². The number of alkyl halides is 3. The molecule has 2 aliphatic heterocycles. The first kappa shape index (κ1) is 29.0. The summed E-state index contributed by atoms with van der Waals surface area (Å²) in [4.78, 5) is 22.0. The molecule has 0 unspecified atom stereocenters. The van der Waals surface area contributed by atoms with E-state index in [9.17, 15) is 18.0 Å². The largest absolute Gasteiger partial charge is 0.416 e. The monoisotopic (exact) mass is 616 g/mol. The summed E-state index contributed by atoms with van der Waals surface area (Å²) >= 11 is 0. The van der Waals surface area contributed by atoms with Crippen LogP contribution in [0.25, 0.3) is 22.6 Å². The van der Waals surface area contributed by atoms with E-state index in [0.717, 1.165) is 19.5 Å². The second-order valence-electron chi connectivity index (χ2n) is 12.2. The predicted molar refractivity (Wildman–Crippen MR) is 159 cm³/mol. The standard InChI is InChI=1S/C31H31F3N10O/c1-41-18-37-40-28(41)22-14-38-42(2)27(22)20-12-25(36-8-3-7-35)39-26(13-20)44-16-23-21(29(44)45)10-19(11-24(23)31(32,33)34)15-43-9-6-30(17-43)4-5-30/h10-14,18H,3-6,8-9,15-17H2,1-2H3,(H,36,39). The quantitative estimate of drug-likeness (QED) is 0.281. The summed E-state index contributed by atoms with van der Waals surface area (Å²) in [6.07, 6.45) is 2.22. The number of halogens is 3. The Morgan fingerprint density at radius 2 is 1.93 bits per heavy atom. The number of carbonyl (C=O) groups excluding carboxylic acids is 1. The zero-order valence-corrected chi connectivity index (χ0v) is 24.9. The number of nitrogens with zero attached hydrogens (tertiary/aromatic N) is 9. The Bertz CT molecular complexity index is 1850. The molecule has 3 aliphatic rings. The number of likely N-dealkylation sites (tertiary alicyclic amines) is 1. The maximum absolute atomic E-state index is 14.5. The third-order valence-corrected chi connectivity index (χ3v) is 9.08. The molecule has 0 radical (unpaired) electrons. The first-order valence-electron chi connectivity index (χ1n) is 14.8. The molecule has 3 aromatic heterocycles. The summed E-state index contributed by atoms with van der Waals surface area (Å²) in [6, 6.07) is 8.32. The van der Waals surface area contributed by atoms with Gasteiger partial charge in [0.05, 0.1) is 42.1 Å². The Labute approximate surface area is 257 Å². The molecule has 1 spiro atoms. The number of aryl methyl sites for hydroxylation is 2. The molecule has 1 saturated carbocycles. The van der Waals surface area contributed by atoms with Crippen LogP contribution in [0.4, 0.5) is 24.8 Å². The molecule has 232 valence electrons. The van der Waals surface area contributed by atoms with Crippen molar-refractivity contribution in [3.63, 3.8) is 0 Å². The van der Waals surface area contributed by atoms with E-state index in [2.05, 4.69) is 36.6 Å². The Morgan fingerprint density at radius 3 is 2.62 bits per heavy atom. The number of pyridine rings is 1. The highest BCUT2D eigenvalue weighted by molar-refractivity contribution is 6.10. The van der Waals surface area contributed by atoms with Crippen LogP contribution in [0.3, 0.4) is 0 Å². The summed E-state index contributed by atoms with van der Waals surface area (Å²) < 4.78 is 46.8. The average Bonchev–Trinajstić information content (AvgIpc) is 3.30. The van der Waals surface area contributed by atoms with Gasteiger partial charge >= 0.3 is 6.18 Å². The molecular weight excluding hydrogens is 585 g/mol. The van der Waals surface area contributed by atoms with E-state index in [1.807, 2.05) is 0 Å². The lowest BCUT2D eigenvalue weighted by Crippen LogP contribution is -2.25. The Morgan fingerprint density at radius 1 is 1.11 bits per heavy atom. The average molecular weight is 617 g/mol. The van der Waals surface area contributed by atoms with Crippen LogP contribution in [0.15, 0.2) is 36.8 Å². The molecule has 2 fully saturated rings. The van der Waals surface area contributed by atoms with Crippen molar-refractivity contribution in [2.75, 3.05) is 29.9 Å². The number of anilines is 2. The van der Waals surface area contributed by atoms with Crippen LogP contribution in [-0.4, -0.2) is 60.0 Å². The van der Waals surface area contributed by atoms with Crippen molar-refractivity contribution in [1.82, 2.24) is 34.4 Å². The Kier molecular flexibility index (Phi) is 6.88. The van der Waals surface area contributed by atoms with Crippen molar-refractivity contribution in [1.29, 1.82) is 5.26 Å². The minimum atomic E-state index is -4.63. The molecule has 14 heteroatoms. The fraction of sp³-hybridized carbons (Fsp3) is 0.419. The van der Waals surface area contributed by atoms with Gasteiger partial charge < -0.3 is 9.88 Å². The van der Waals surface area contributed by atoms with Gasteiger partial charge in [-0.3, -0.25) is 19.3 Å². The number of hydrogen-bond acceptors (Lipinski definition) is 8. The highest BCUT2D eigenvalue weighted by Gasteiger charge is 2.48. The molecule has 1 aromatic carbocycles. The van der Waals surface area contributed by atoms with Crippen LogP contribution in [0.1, 0.15) is 52.7 Å². The van der Waals surface area contributed by atoms with Crippen molar-refractivity contribution in [2.45, 2.75) is 44.9 Å². The topological polar surface area (TPSA) is 121 Å². The van der Waals surface area contributed by atoms with Gasteiger partial charge in [0, 0.05) is 44.9 Å². The number of rotatable bonds is 8. The van der Waals surface area contributed by atoms with Crippen molar-refractivity contribution in [2.24, 2.45) is 19.5 Å². The van der Waals surface area contributed by atoms with Crippen LogP contribution in [-0.2, 0) is 33.4 Å². The molecule has 1 amide bonds. The minimum absolute atomic E-state index is 0.0478. The summed E-state index contributed by atoms with van der Waals surface area (Å²) in [7, 11) is 3.57. The molecule has 7 rings (SSSR count). The summed E-state index contributed by atoms with van der Waals surface area (Å²) in [5.74, 6) is 0.575. The first-order chi connectivity index (χ1) is 21.5. The molecule has 1 N–H and O–H groups in total. The molecule has 45 heavy (non-hydrogen) atoms. The van der Waals surface area contributed by atoms with Crippen molar-refractivity contribution < 1.29 is 18.0 Å². The number of fused-ring (bicyclic) bond motifs is 1. The second kappa shape index (κ2) is 10.7. The van der Waals surface area contributed by atoms with Gasteiger partial charge in [-0.15, -0.1) is 10.2 Å². The van der Waals surface area contributed by atoms with Crippen molar-refractivity contribution in [3.05, 3.63) is 59.0 Å². The lowest BCUT2D eigenvalue weighted by atomic mass is 9.98. The lowest BCUT2D eigenvalue weighted by molar-refractivity contribution is -0.138. The van der Waals surface area contributed by atoms with E-state index in [1.54, 1.807) is 54.1 Å². The molecule has 1 aliphatic carbocycles. The summed E-state index contributed by atoms with van der Waals surface area (Å²) in [5.41, 5.74) is 1.97. The van der Waals surface area contributed by atoms with Gasteiger partial charge in [-0.2, -0.15) is 23.5 Å². The molecule has 0 atom stereocenters. The number of amides is 1.